The third-order valence-electron chi connectivity index (χ3n) is 7.38. The van der Waals surface area contributed by atoms with Crippen LogP contribution in [-0.4, -0.2) is 41.5 Å². The van der Waals surface area contributed by atoms with Gasteiger partial charge in [0.25, 0.3) is 0 Å². The van der Waals surface area contributed by atoms with Gasteiger partial charge in [0, 0.05) is 10.6 Å². The minimum atomic E-state index is -4.89. The van der Waals surface area contributed by atoms with Gasteiger partial charge in [-0.15, -0.1) is 13.2 Å². The molecule has 3 N–H and O–H groups in total. The smallest absolute Gasteiger partial charge is 0.404 e. The molecule has 0 unspecified atom stereocenters. The minimum absolute atomic E-state index is 0.0313. The Hall–Kier alpha value is -3.02. The number of halogens is 3. The highest BCUT2D eigenvalue weighted by molar-refractivity contribution is 6.83. The van der Waals surface area contributed by atoms with E-state index in [1.54, 1.807) is 13.8 Å². The number of carbonyl (C=O) groups excluding carboxylic acids is 2. The molecular weight excluding hydrogens is 479 g/mol. The van der Waals surface area contributed by atoms with Crippen LogP contribution in [0.15, 0.2) is 24.3 Å². The van der Waals surface area contributed by atoms with E-state index in [0.29, 0.717) is 17.1 Å². The number of rotatable bonds is 5. The number of urea groups is 1. The van der Waals surface area contributed by atoms with E-state index in [1.807, 2.05) is 0 Å². The lowest BCUT2D eigenvalue weighted by atomic mass is 9.83. The van der Waals surface area contributed by atoms with Crippen LogP contribution in [0.2, 0.25) is 24.7 Å². The summed E-state index contributed by atoms with van der Waals surface area (Å²) < 4.78 is 42.3. The summed E-state index contributed by atoms with van der Waals surface area (Å²) in [6.45, 7) is 10.3. The lowest BCUT2D eigenvalue weighted by molar-refractivity contribution is -0.274. The van der Waals surface area contributed by atoms with Crippen LogP contribution >= 0.6 is 0 Å². The van der Waals surface area contributed by atoms with Crippen LogP contribution < -0.4 is 15.4 Å². The van der Waals surface area contributed by atoms with Crippen molar-refractivity contribution in [2.45, 2.75) is 76.2 Å². The standard InChI is InChI=1S/C23H30F3N5O3Si/c1-21(2)17-14(18(30-29-17)28-19(32)22(11-8-12-22)35(3,4)5)13-31(21)20(33)27-15-9-6-7-10-16(15)34-23(24,25)26/h6-7,9-10H,8,11-13H2,1-5H3,(H,27,33)(H2,28,29,30,32). The maximum absolute atomic E-state index is 13.3. The van der Waals surface area contributed by atoms with E-state index in [1.165, 1.54) is 23.1 Å². The molecule has 1 aromatic heterocycles. The second-order valence-electron chi connectivity index (χ2n) is 10.7. The minimum Gasteiger partial charge on any atom is -0.404 e. The van der Waals surface area contributed by atoms with E-state index in [4.69, 9.17) is 0 Å². The summed E-state index contributed by atoms with van der Waals surface area (Å²) >= 11 is 0. The molecule has 1 aliphatic carbocycles. The van der Waals surface area contributed by atoms with Crippen molar-refractivity contribution < 1.29 is 27.5 Å². The van der Waals surface area contributed by atoms with Crippen LogP contribution in [0.4, 0.5) is 29.5 Å². The van der Waals surface area contributed by atoms with Crippen molar-refractivity contribution in [1.82, 2.24) is 15.1 Å². The number of fused-ring (bicyclic) bond motifs is 1. The van der Waals surface area contributed by atoms with Crippen molar-refractivity contribution in [3.8, 4) is 5.75 Å². The zero-order valence-corrected chi connectivity index (χ0v) is 21.4. The zero-order chi connectivity index (χ0) is 25.8. The maximum Gasteiger partial charge on any atom is 0.573 e. The molecule has 2 aromatic rings. The number of aromatic amines is 1. The number of hydrogen-bond acceptors (Lipinski definition) is 4. The van der Waals surface area contributed by atoms with Crippen molar-refractivity contribution in [3.05, 3.63) is 35.5 Å². The van der Waals surface area contributed by atoms with Crippen molar-refractivity contribution in [2.75, 3.05) is 10.6 Å². The van der Waals surface area contributed by atoms with Crippen molar-refractivity contribution in [2.24, 2.45) is 0 Å². The number of ether oxygens (including phenoxy) is 1. The van der Waals surface area contributed by atoms with Crippen LogP contribution in [0, 0.1) is 0 Å². The first-order chi connectivity index (χ1) is 16.2. The first-order valence-electron chi connectivity index (χ1n) is 11.5. The van der Waals surface area contributed by atoms with Gasteiger partial charge in [-0.1, -0.05) is 38.2 Å². The summed E-state index contributed by atoms with van der Waals surface area (Å²) in [4.78, 5) is 27.9. The van der Waals surface area contributed by atoms with Crippen molar-refractivity contribution in [3.63, 3.8) is 0 Å². The van der Waals surface area contributed by atoms with Gasteiger partial charge in [-0.25, -0.2) is 4.79 Å². The molecule has 4 rings (SSSR count). The molecule has 0 atom stereocenters. The third kappa shape index (κ3) is 4.39. The van der Waals surface area contributed by atoms with Crippen LogP contribution in [0.1, 0.15) is 44.4 Å². The first kappa shape index (κ1) is 25.1. The Labute approximate surface area is 202 Å². The van der Waals surface area contributed by atoms with E-state index >= 15 is 0 Å². The number of para-hydroxylation sites is 2. The summed E-state index contributed by atoms with van der Waals surface area (Å²) in [6, 6.07) is 4.75. The summed E-state index contributed by atoms with van der Waals surface area (Å²) in [5.41, 5.74) is 0.402. The number of amides is 3. The molecule has 0 spiro atoms. The Morgan fingerprint density at radius 1 is 1.14 bits per heavy atom. The van der Waals surface area contributed by atoms with Gasteiger partial charge in [0.2, 0.25) is 5.91 Å². The Bertz CT molecular complexity index is 1150. The van der Waals surface area contributed by atoms with Crippen LogP contribution in [-0.2, 0) is 16.9 Å². The molecule has 2 heterocycles. The molecule has 1 aromatic carbocycles. The predicted molar refractivity (Wildman–Crippen MR) is 128 cm³/mol. The van der Waals surface area contributed by atoms with Gasteiger partial charge in [-0.3, -0.25) is 9.89 Å². The Morgan fingerprint density at radius 2 is 1.80 bits per heavy atom. The first-order valence-corrected chi connectivity index (χ1v) is 15.0. The topological polar surface area (TPSA) is 99.4 Å². The monoisotopic (exact) mass is 509 g/mol. The van der Waals surface area contributed by atoms with Crippen LogP contribution in [0.25, 0.3) is 0 Å². The highest BCUT2D eigenvalue weighted by Crippen LogP contribution is 2.56. The molecule has 35 heavy (non-hydrogen) atoms. The SMILES string of the molecule is CC1(C)c2[nH]nc(NC(=O)C3([Si](C)(C)C)CCC3)c2CN1C(=O)Nc1ccccc1OC(F)(F)F. The average molecular weight is 510 g/mol. The summed E-state index contributed by atoms with van der Waals surface area (Å²) in [7, 11) is -1.79. The van der Waals surface area contributed by atoms with Gasteiger partial charge in [-0.05, 0) is 38.8 Å². The quantitative estimate of drug-likeness (QED) is 0.444. The zero-order valence-electron chi connectivity index (χ0n) is 20.4. The number of alkyl halides is 3. The molecule has 0 saturated heterocycles. The van der Waals surface area contributed by atoms with Crippen LogP contribution in [0.3, 0.4) is 0 Å². The molecule has 8 nitrogen and oxygen atoms in total. The highest BCUT2D eigenvalue weighted by Gasteiger charge is 2.54. The van der Waals surface area contributed by atoms with E-state index in [9.17, 15) is 22.8 Å². The Morgan fingerprint density at radius 3 is 2.37 bits per heavy atom. The number of carbonyl (C=O) groups is 2. The molecular formula is C23H30F3N5O3Si. The van der Waals surface area contributed by atoms with Crippen molar-refractivity contribution >= 4 is 31.5 Å². The van der Waals surface area contributed by atoms with Gasteiger partial charge < -0.3 is 20.3 Å². The summed E-state index contributed by atoms with van der Waals surface area (Å²) in [5.74, 6) is -0.148. The molecule has 3 amide bonds. The fraction of sp³-hybridized carbons (Fsp3) is 0.522. The summed E-state index contributed by atoms with van der Waals surface area (Å²) in [5, 5.41) is 12.5. The summed E-state index contributed by atoms with van der Waals surface area (Å²) in [6.07, 6.45) is -2.14. The number of hydrogen-bond donors (Lipinski definition) is 3. The molecule has 190 valence electrons. The number of nitrogens with one attached hydrogen (secondary N) is 3. The second kappa shape index (κ2) is 8.28. The molecule has 1 aliphatic heterocycles. The fourth-order valence-electron chi connectivity index (χ4n) is 4.99. The van der Waals surface area contributed by atoms with Crippen LogP contribution in [0.5, 0.6) is 5.75 Å². The van der Waals surface area contributed by atoms with E-state index in [0.717, 1.165) is 25.3 Å². The lowest BCUT2D eigenvalue weighted by Gasteiger charge is -2.48. The molecule has 0 radical (unpaired) electrons. The van der Waals surface area contributed by atoms with Crippen molar-refractivity contribution in [1.29, 1.82) is 0 Å². The molecule has 1 fully saturated rings. The van der Waals surface area contributed by atoms with Gasteiger partial charge in [0.1, 0.15) is 0 Å². The number of nitrogens with zero attached hydrogens (tertiary/aromatic N) is 2. The largest absolute Gasteiger partial charge is 0.573 e. The van der Waals surface area contributed by atoms with E-state index < -0.39 is 31.8 Å². The molecule has 12 heteroatoms. The van der Waals surface area contributed by atoms with Gasteiger partial charge in [0.15, 0.2) is 11.6 Å². The van der Waals surface area contributed by atoms with E-state index in [2.05, 4.69) is 45.2 Å². The average Bonchev–Trinajstić information content (AvgIpc) is 3.18. The second-order valence-corrected chi connectivity index (χ2v) is 16.1. The van der Waals surface area contributed by atoms with E-state index in [-0.39, 0.29) is 23.2 Å². The number of H-pyrrole nitrogens is 1. The normalized spacial score (nSPS) is 18.5. The molecule has 0 bridgehead atoms. The predicted octanol–water partition coefficient (Wildman–Crippen LogP) is 5.79. The Balaban J connectivity index is 1.54. The maximum atomic E-state index is 13.3. The third-order valence-corrected chi connectivity index (χ3v) is 11.0. The molecule has 1 saturated carbocycles. The fourth-order valence-corrected chi connectivity index (χ4v) is 7.58. The number of aromatic nitrogens is 2. The van der Waals surface area contributed by atoms with Gasteiger partial charge >= 0.3 is 12.4 Å². The lowest BCUT2D eigenvalue weighted by Crippen LogP contribution is -2.52. The number of benzene rings is 1. The van der Waals surface area contributed by atoms with Gasteiger partial charge in [-0.2, -0.15) is 5.10 Å². The number of anilines is 2. The highest BCUT2D eigenvalue weighted by atomic mass is 28.3. The Kier molecular flexibility index (Phi) is 5.93. The molecule has 2 aliphatic rings. The van der Waals surface area contributed by atoms with Gasteiger partial charge in [0.05, 0.1) is 31.5 Å².